The Morgan fingerprint density at radius 3 is 2.50 bits per heavy atom. The zero-order chi connectivity index (χ0) is 20.6. The predicted molar refractivity (Wildman–Crippen MR) is 88.0 cm³/mol. The molecule has 0 bridgehead atoms. The topological polar surface area (TPSA) is 164 Å². The second-order valence-corrected chi connectivity index (χ2v) is 7.12. The second-order valence-electron chi connectivity index (χ2n) is 7.12. The Balaban J connectivity index is 1.81. The van der Waals surface area contributed by atoms with E-state index in [4.69, 9.17) is 23.7 Å². The zero-order valence-electron chi connectivity index (χ0n) is 15.5. The molecule has 0 amide bonds. The number of methoxy groups -OCH3 is 1. The summed E-state index contributed by atoms with van der Waals surface area (Å²) >= 11 is 0. The summed E-state index contributed by atoms with van der Waals surface area (Å²) in [6, 6.07) is 0. The van der Waals surface area contributed by atoms with Crippen LogP contribution in [0.15, 0.2) is 11.8 Å². The monoisotopic (exact) mass is 406 g/mol. The van der Waals surface area contributed by atoms with Gasteiger partial charge in [0.2, 0.25) is 6.29 Å². The smallest absolute Gasteiger partial charge is 0.337 e. The molecule has 0 aliphatic carbocycles. The van der Waals surface area contributed by atoms with Crippen LogP contribution in [0, 0.1) is 11.8 Å². The van der Waals surface area contributed by atoms with Gasteiger partial charge in [-0.2, -0.15) is 0 Å². The van der Waals surface area contributed by atoms with Gasteiger partial charge in [0.05, 0.1) is 37.6 Å². The van der Waals surface area contributed by atoms with E-state index in [0.717, 1.165) is 0 Å². The van der Waals surface area contributed by atoms with Gasteiger partial charge >= 0.3 is 5.97 Å². The first-order chi connectivity index (χ1) is 13.3. The Kier molecular flexibility index (Phi) is 6.57. The van der Waals surface area contributed by atoms with Crippen LogP contribution in [0.3, 0.4) is 0 Å². The van der Waals surface area contributed by atoms with Crippen molar-refractivity contribution in [1.29, 1.82) is 0 Å². The van der Waals surface area contributed by atoms with E-state index in [-0.39, 0.29) is 12.0 Å². The van der Waals surface area contributed by atoms with E-state index in [1.807, 2.05) is 0 Å². The average Bonchev–Trinajstić information content (AvgIpc) is 2.67. The number of aliphatic hydroxyl groups is 5. The van der Waals surface area contributed by atoms with Gasteiger partial charge < -0.3 is 49.2 Å². The van der Waals surface area contributed by atoms with Crippen LogP contribution in [-0.4, -0.2) is 94.6 Å². The van der Waals surface area contributed by atoms with Gasteiger partial charge in [0.1, 0.15) is 24.4 Å². The van der Waals surface area contributed by atoms with Crippen LogP contribution in [0.1, 0.15) is 13.3 Å². The minimum Gasteiger partial charge on any atom is -0.471 e. The lowest BCUT2D eigenvalue weighted by atomic mass is 9.77. The summed E-state index contributed by atoms with van der Waals surface area (Å²) < 4.78 is 26.8. The number of esters is 1. The van der Waals surface area contributed by atoms with E-state index in [2.05, 4.69) is 0 Å². The van der Waals surface area contributed by atoms with Gasteiger partial charge in [-0.15, -0.1) is 0 Å². The van der Waals surface area contributed by atoms with Crippen molar-refractivity contribution in [2.75, 3.05) is 13.7 Å². The fourth-order valence-corrected chi connectivity index (χ4v) is 3.91. The minimum atomic E-state index is -1.60. The number of carbonyl (C=O) groups excluding carboxylic acids is 1. The molecule has 28 heavy (non-hydrogen) atoms. The highest BCUT2D eigenvalue weighted by Gasteiger charge is 2.51. The van der Waals surface area contributed by atoms with Gasteiger partial charge in [0.15, 0.2) is 12.6 Å². The lowest BCUT2D eigenvalue weighted by Gasteiger charge is -2.47. The Labute approximate surface area is 161 Å². The molecule has 0 spiro atoms. The van der Waals surface area contributed by atoms with Gasteiger partial charge in [-0.25, -0.2) is 4.79 Å². The van der Waals surface area contributed by atoms with Crippen LogP contribution in [0.4, 0.5) is 0 Å². The number of hydrogen-bond donors (Lipinski definition) is 5. The van der Waals surface area contributed by atoms with Crippen molar-refractivity contribution in [1.82, 2.24) is 0 Å². The van der Waals surface area contributed by atoms with Crippen LogP contribution in [-0.2, 0) is 28.5 Å². The third-order valence-electron chi connectivity index (χ3n) is 5.41. The molecule has 3 aliphatic heterocycles. The highest BCUT2D eigenvalue weighted by atomic mass is 16.8. The number of fused-ring (bicyclic) bond motifs is 1. The fraction of sp³-hybridized carbons (Fsp3) is 0.824. The maximum Gasteiger partial charge on any atom is 0.337 e. The molecule has 2 saturated heterocycles. The molecule has 0 aromatic heterocycles. The summed E-state index contributed by atoms with van der Waals surface area (Å²) in [5.41, 5.74) is 0.218. The predicted octanol–water partition coefficient (Wildman–Crippen LogP) is -2.42. The molecule has 2 fully saturated rings. The molecule has 0 unspecified atom stereocenters. The average molecular weight is 406 g/mol. The Hall–Kier alpha value is -1.31. The number of carbonyl (C=O) groups is 1. The summed E-state index contributed by atoms with van der Waals surface area (Å²) in [5, 5.41) is 49.2. The molecule has 3 heterocycles. The largest absolute Gasteiger partial charge is 0.471 e. The van der Waals surface area contributed by atoms with E-state index < -0.39 is 73.8 Å². The SMILES string of the molecule is COC(=O)C1=CO[C@@H](O[C@@H]2O[C@H](CO)[C@@H](O)[C@H](O)[C@H]2O)[C@@H]2[C@H](C)O[C@@H](O)C[C@H]12. The number of ether oxygens (including phenoxy) is 5. The number of aliphatic hydroxyl groups excluding tert-OH is 5. The summed E-state index contributed by atoms with van der Waals surface area (Å²) in [7, 11) is 1.23. The maximum absolute atomic E-state index is 12.1. The molecule has 0 radical (unpaired) electrons. The van der Waals surface area contributed by atoms with Crippen LogP contribution < -0.4 is 0 Å². The fourth-order valence-electron chi connectivity index (χ4n) is 3.91. The molecule has 5 N–H and O–H groups in total. The first kappa shape index (κ1) is 21.4. The lowest BCUT2D eigenvalue weighted by Crippen LogP contribution is -2.61. The number of rotatable bonds is 4. The minimum absolute atomic E-state index is 0.105. The summed E-state index contributed by atoms with van der Waals surface area (Å²) in [6.45, 7) is 1.08. The van der Waals surface area contributed by atoms with Gasteiger partial charge in [0, 0.05) is 12.3 Å². The van der Waals surface area contributed by atoms with Gasteiger partial charge in [-0.05, 0) is 6.92 Å². The molecule has 3 aliphatic rings. The maximum atomic E-state index is 12.1. The quantitative estimate of drug-likeness (QED) is 0.315. The van der Waals surface area contributed by atoms with Crippen molar-refractivity contribution in [3.8, 4) is 0 Å². The van der Waals surface area contributed by atoms with E-state index >= 15 is 0 Å². The summed E-state index contributed by atoms with van der Waals surface area (Å²) in [6.07, 6.45) is -8.71. The molecule has 3 rings (SSSR count). The molecular weight excluding hydrogens is 380 g/mol. The molecule has 0 aromatic carbocycles. The highest BCUT2D eigenvalue weighted by molar-refractivity contribution is 5.88. The van der Waals surface area contributed by atoms with Crippen LogP contribution in [0.2, 0.25) is 0 Å². The second kappa shape index (κ2) is 8.59. The van der Waals surface area contributed by atoms with Gasteiger partial charge in [-0.3, -0.25) is 0 Å². The molecule has 11 nitrogen and oxygen atoms in total. The van der Waals surface area contributed by atoms with Crippen molar-refractivity contribution in [3.05, 3.63) is 11.8 Å². The van der Waals surface area contributed by atoms with E-state index in [9.17, 15) is 30.3 Å². The zero-order valence-corrected chi connectivity index (χ0v) is 15.5. The van der Waals surface area contributed by atoms with Crippen molar-refractivity contribution >= 4 is 5.97 Å². The first-order valence-corrected chi connectivity index (χ1v) is 9.01. The number of hydrogen-bond acceptors (Lipinski definition) is 11. The molecular formula is C17H26O11. The Morgan fingerprint density at radius 2 is 1.86 bits per heavy atom. The van der Waals surface area contributed by atoms with Crippen molar-refractivity contribution in [2.45, 2.75) is 62.7 Å². The molecule has 160 valence electrons. The van der Waals surface area contributed by atoms with Gasteiger partial charge in [0.25, 0.3) is 0 Å². The van der Waals surface area contributed by atoms with E-state index in [0.29, 0.717) is 0 Å². The normalized spacial score (nSPS) is 46.2. The highest BCUT2D eigenvalue weighted by Crippen LogP contribution is 2.42. The first-order valence-electron chi connectivity index (χ1n) is 9.01. The van der Waals surface area contributed by atoms with Gasteiger partial charge in [-0.1, -0.05) is 0 Å². The molecule has 0 aromatic rings. The summed E-state index contributed by atoms with van der Waals surface area (Å²) in [5.74, 6) is -1.67. The summed E-state index contributed by atoms with van der Waals surface area (Å²) in [4.78, 5) is 12.1. The molecule has 11 heteroatoms. The molecule has 10 atom stereocenters. The Morgan fingerprint density at radius 1 is 1.14 bits per heavy atom. The lowest BCUT2D eigenvalue weighted by molar-refractivity contribution is -0.352. The van der Waals surface area contributed by atoms with Crippen LogP contribution in [0.5, 0.6) is 0 Å². The standard InChI is InChI=1S/C17H26O11/c1-6-11-7(3-10(19)26-6)8(15(23)24-2)5-25-16(11)28-17-14(22)13(21)12(20)9(4-18)27-17/h5-7,9-14,16-22H,3-4H2,1-2H3/t6-,7+,9+,10+,11+,12+,13-,14+,16-,17-/m0/s1. The van der Waals surface area contributed by atoms with Crippen molar-refractivity contribution in [2.24, 2.45) is 11.8 Å². The van der Waals surface area contributed by atoms with E-state index in [1.165, 1.54) is 13.4 Å². The van der Waals surface area contributed by atoms with Crippen molar-refractivity contribution in [3.63, 3.8) is 0 Å². The van der Waals surface area contributed by atoms with Crippen molar-refractivity contribution < 1.29 is 54.0 Å². The van der Waals surface area contributed by atoms with Crippen LogP contribution in [0.25, 0.3) is 0 Å². The van der Waals surface area contributed by atoms with E-state index in [1.54, 1.807) is 6.92 Å². The Bertz CT molecular complexity index is 594. The molecule has 0 saturated carbocycles. The van der Waals surface area contributed by atoms with Crippen LogP contribution >= 0.6 is 0 Å². The third kappa shape index (κ3) is 3.89. The third-order valence-corrected chi connectivity index (χ3v) is 5.41.